The number of carboxylic acids is 1. The predicted octanol–water partition coefficient (Wildman–Crippen LogP) is 2.77. The molecule has 0 spiro atoms. The van der Waals surface area contributed by atoms with Gasteiger partial charge in [0.25, 0.3) is 0 Å². The van der Waals surface area contributed by atoms with Crippen molar-refractivity contribution in [3.05, 3.63) is 29.3 Å². The number of amides is 2. The van der Waals surface area contributed by atoms with Gasteiger partial charge in [-0.05, 0) is 36.5 Å². The van der Waals surface area contributed by atoms with E-state index < -0.39 is 5.97 Å². The lowest BCUT2D eigenvalue weighted by molar-refractivity contribution is 0.0693. The smallest absolute Gasteiger partial charge is 0.339 e. The molecule has 1 aromatic rings. The molecule has 6 nitrogen and oxygen atoms in total. The first-order valence-corrected chi connectivity index (χ1v) is 7.96. The molecule has 23 heavy (non-hydrogen) atoms. The number of hydrogen-bond acceptors (Lipinski definition) is 3. The summed E-state index contributed by atoms with van der Waals surface area (Å²) in [5, 5.41) is 15.0. The first-order valence-electron chi connectivity index (χ1n) is 7.96. The lowest BCUT2D eigenvalue weighted by atomic mass is 9.86. The second kappa shape index (κ2) is 7.85. The molecule has 2 atom stereocenters. The van der Waals surface area contributed by atoms with Crippen LogP contribution in [-0.4, -0.2) is 30.3 Å². The SMILES string of the molecule is COc1ccc(CNC(=O)N[C@@H]2CCCC[C@@H]2C)cc1C(=O)O. The summed E-state index contributed by atoms with van der Waals surface area (Å²) in [5.74, 6) is -0.250. The maximum atomic E-state index is 12.0. The highest BCUT2D eigenvalue weighted by atomic mass is 16.5. The predicted molar refractivity (Wildman–Crippen MR) is 86.7 cm³/mol. The standard InChI is InChI=1S/C17H24N2O4/c1-11-5-3-4-6-14(11)19-17(22)18-10-12-7-8-15(23-2)13(9-12)16(20)21/h7-9,11,14H,3-6,10H2,1-2H3,(H,20,21)(H2,18,19,22)/t11-,14+/m0/s1. The van der Waals surface area contributed by atoms with Gasteiger partial charge in [0.1, 0.15) is 11.3 Å². The molecule has 0 saturated heterocycles. The van der Waals surface area contributed by atoms with Gasteiger partial charge in [-0.2, -0.15) is 0 Å². The lowest BCUT2D eigenvalue weighted by Crippen LogP contribution is -2.45. The molecular weight excluding hydrogens is 296 g/mol. The van der Waals surface area contributed by atoms with Crippen molar-refractivity contribution < 1.29 is 19.4 Å². The van der Waals surface area contributed by atoms with Gasteiger partial charge in [-0.15, -0.1) is 0 Å². The van der Waals surface area contributed by atoms with Crippen molar-refractivity contribution in [2.24, 2.45) is 5.92 Å². The Balaban J connectivity index is 1.91. The summed E-state index contributed by atoms with van der Waals surface area (Å²) in [4.78, 5) is 23.2. The average molecular weight is 320 g/mol. The van der Waals surface area contributed by atoms with Gasteiger partial charge in [-0.1, -0.05) is 25.8 Å². The molecule has 0 aromatic heterocycles. The molecule has 2 rings (SSSR count). The minimum atomic E-state index is -1.05. The fraction of sp³-hybridized carbons (Fsp3) is 0.529. The van der Waals surface area contributed by atoms with Crippen molar-refractivity contribution in [3.8, 4) is 5.75 Å². The fourth-order valence-electron chi connectivity index (χ4n) is 2.96. The van der Waals surface area contributed by atoms with E-state index in [0.717, 1.165) is 24.8 Å². The molecule has 2 amide bonds. The molecule has 3 N–H and O–H groups in total. The minimum absolute atomic E-state index is 0.0908. The minimum Gasteiger partial charge on any atom is -0.496 e. The molecule has 1 fully saturated rings. The normalized spacial score (nSPS) is 20.6. The van der Waals surface area contributed by atoms with E-state index in [4.69, 9.17) is 9.84 Å². The van der Waals surface area contributed by atoms with Crippen LogP contribution in [0.15, 0.2) is 18.2 Å². The first-order chi connectivity index (χ1) is 11.0. The third-order valence-corrected chi connectivity index (χ3v) is 4.38. The Bertz CT molecular complexity index is 574. The number of methoxy groups -OCH3 is 1. The van der Waals surface area contributed by atoms with E-state index in [2.05, 4.69) is 17.6 Å². The number of nitrogens with one attached hydrogen (secondary N) is 2. The molecule has 126 valence electrons. The zero-order valence-corrected chi connectivity index (χ0v) is 13.6. The molecule has 0 unspecified atom stereocenters. The summed E-state index contributed by atoms with van der Waals surface area (Å²) < 4.78 is 5.02. The van der Waals surface area contributed by atoms with Gasteiger partial charge in [0.15, 0.2) is 0 Å². The number of hydrogen-bond donors (Lipinski definition) is 3. The summed E-state index contributed by atoms with van der Waals surface area (Å²) in [5.41, 5.74) is 0.808. The van der Waals surface area contributed by atoms with E-state index in [1.165, 1.54) is 19.6 Å². The summed E-state index contributed by atoms with van der Waals surface area (Å²) >= 11 is 0. The molecule has 0 heterocycles. The topological polar surface area (TPSA) is 87.7 Å². The number of benzene rings is 1. The fourth-order valence-corrected chi connectivity index (χ4v) is 2.96. The highest BCUT2D eigenvalue weighted by Gasteiger charge is 2.22. The molecule has 0 radical (unpaired) electrons. The molecule has 1 aromatic carbocycles. The third-order valence-electron chi connectivity index (χ3n) is 4.38. The van der Waals surface area contributed by atoms with E-state index in [0.29, 0.717) is 11.7 Å². The van der Waals surface area contributed by atoms with Crippen LogP contribution in [0, 0.1) is 5.92 Å². The van der Waals surface area contributed by atoms with Crippen molar-refractivity contribution in [3.63, 3.8) is 0 Å². The molecule has 0 aliphatic heterocycles. The van der Waals surface area contributed by atoms with Crippen molar-refractivity contribution in [1.82, 2.24) is 10.6 Å². The third kappa shape index (κ3) is 4.61. The van der Waals surface area contributed by atoms with Gasteiger partial charge in [0.05, 0.1) is 7.11 Å². The van der Waals surface area contributed by atoms with Crippen LogP contribution in [0.3, 0.4) is 0 Å². The van der Waals surface area contributed by atoms with E-state index in [-0.39, 0.29) is 24.2 Å². The average Bonchev–Trinajstić information content (AvgIpc) is 2.54. The Morgan fingerprint density at radius 2 is 2.04 bits per heavy atom. The molecular formula is C17H24N2O4. The lowest BCUT2D eigenvalue weighted by Gasteiger charge is -2.29. The van der Waals surface area contributed by atoms with Gasteiger partial charge in [0, 0.05) is 12.6 Å². The summed E-state index contributed by atoms with van der Waals surface area (Å²) in [6, 6.07) is 4.87. The van der Waals surface area contributed by atoms with Crippen molar-refractivity contribution in [1.29, 1.82) is 0 Å². The van der Waals surface area contributed by atoms with Crippen molar-refractivity contribution in [2.75, 3.05) is 7.11 Å². The first kappa shape index (κ1) is 17.1. The second-order valence-corrected chi connectivity index (χ2v) is 6.04. The number of ether oxygens (including phenoxy) is 1. The number of carboxylic acid groups (broad SMARTS) is 1. The van der Waals surface area contributed by atoms with E-state index in [1.54, 1.807) is 12.1 Å². The molecule has 0 bridgehead atoms. The van der Waals surface area contributed by atoms with Gasteiger partial charge in [-0.25, -0.2) is 9.59 Å². The van der Waals surface area contributed by atoms with Crippen LogP contribution < -0.4 is 15.4 Å². The zero-order valence-electron chi connectivity index (χ0n) is 13.6. The maximum absolute atomic E-state index is 12.0. The number of aromatic carboxylic acids is 1. The Hall–Kier alpha value is -2.24. The highest BCUT2D eigenvalue weighted by Crippen LogP contribution is 2.23. The largest absolute Gasteiger partial charge is 0.496 e. The van der Waals surface area contributed by atoms with Crippen LogP contribution >= 0.6 is 0 Å². The van der Waals surface area contributed by atoms with Crippen LogP contribution in [0.4, 0.5) is 4.79 Å². The van der Waals surface area contributed by atoms with E-state index >= 15 is 0 Å². The number of carbonyl (C=O) groups is 2. The van der Waals surface area contributed by atoms with Crippen LogP contribution in [0.2, 0.25) is 0 Å². The van der Waals surface area contributed by atoms with E-state index in [9.17, 15) is 9.59 Å². The second-order valence-electron chi connectivity index (χ2n) is 6.04. The monoisotopic (exact) mass is 320 g/mol. The van der Waals surface area contributed by atoms with Gasteiger partial charge in [0.2, 0.25) is 0 Å². The molecule has 1 aliphatic rings. The molecule has 6 heteroatoms. The summed E-state index contributed by atoms with van der Waals surface area (Å²) in [6.07, 6.45) is 4.53. The van der Waals surface area contributed by atoms with Gasteiger partial charge >= 0.3 is 12.0 Å². The zero-order chi connectivity index (χ0) is 16.8. The summed E-state index contributed by atoms with van der Waals surface area (Å²) in [7, 11) is 1.43. The van der Waals surface area contributed by atoms with Crippen LogP contribution in [0.5, 0.6) is 5.75 Å². The van der Waals surface area contributed by atoms with Crippen molar-refractivity contribution >= 4 is 12.0 Å². The Labute approximate surface area is 136 Å². The van der Waals surface area contributed by atoms with Gasteiger partial charge < -0.3 is 20.5 Å². The van der Waals surface area contributed by atoms with E-state index in [1.807, 2.05) is 0 Å². The van der Waals surface area contributed by atoms with Crippen LogP contribution in [-0.2, 0) is 6.54 Å². The number of rotatable bonds is 5. The van der Waals surface area contributed by atoms with Crippen molar-refractivity contribution in [2.45, 2.75) is 45.2 Å². The molecule has 1 saturated carbocycles. The maximum Gasteiger partial charge on any atom is 0.339 e. The van der Waals surface area contributed by atoms with Crippen LogP contribution in [0.25, 0.3) is 0 Å². The molecule has 1 aliphatic carbocycles. The Morgan fingerprint density at radius 1 is 1.30 bits per heavy atom. The number of carbonyl (C=O) groups excluding carboxylic acids is 1. The van der Waals surface area contributed by atoms with Crippen LogP contribution in [0.1, 0.15) is 48.5 Å². The van der Waals surface area contributed by atoms with Gasteiger partial charge in [-0.3, -0.25) is 0 Å². The Morgan fingerprint density at radius 3 is 2.70 bits per heavy atom. The quantitative estimate of drug-likeness (QED) is 0.778. The Kier molecular flexibility index (Phi) is 5.84. The summed E-state index contributed by atoms with van der Waals surface area (Å²) in [6.45, 7) is 2.43. The number of urea groups is 1. The highest BCUT2D eigenvalue weighted by molar-refractivity contribution is 5.91.